The third-order valence-corrected chi connectivity index (χ3v) is 1.84. The van der Waals surface area contributed by atoms with Gasteiger partial charge >= 0.3 is 0 Å². The minimum Gasteiger partial charge on any atom is -0.481 e. The van der Waals surface area contributed by atoms with Crippen LogP contribution in [0.4, 0.5) is 0 Å². The molecule has 0 unspecified atom stereocenters. The van der Waals surface area contributed by atoms with E-state index in [4.69, 9.17) is 4.74 Å². The van der Waals surface area contributed by atoms with Crippen LogP contribution >= 0.6 is 0 Å². The zero-order valence-corrected chi connectivity index (χ0v) is 9.11. The van der Waals surface area contributed by atoms with Crippen LogP contribution < -0.4 is 4.74 Å². The van der Waals surface area contributed by atoms with Gasteiger partial charge in [0.15, 0.2) is 0 Å². The number of nitrogens with zero attached hydrogens (tertiary/aromatic N) is 2. The molecule has 2 aromatic rings. The second kappa shape index (κ2) is 4.65. The van der Waals surface area contributed by atoms with E-state index >= 15 is 0 Å². The number of rotatable bonds is 1. The molecular formula is C11H16N2O. The predicted octanol–water partition coefficient (Wildman–Crippen LogP) is 2.68. The molecule has 0 amide bonds. The first kappa shape index (κ1) is 10.6. The molecule has 0 N–H and O–H groups in total. The van der Waals surface area contributed by atoms with E-state index in [1.54, 1.807) is 7.11 Å². The van der Waals surface area contributed by atoms with Gasteiger partial charge in [0, 0.05) is 6.20 Å². The van der Waals surface area contributed by atoms with Crippen LogP contribution in [0.2, 0.25) is 0 Å². The van der Waals surface area contributed by atoms with Crippen LogP contribution in [0, 0.1) is 6.92 Å². The Labute approximate surface area is 84.3 Å². The lowest BCUT2D eigenvalue weighted by molar-refractivity contribution is 0.391. The van der Waals surface area contributed by atoms with Gasteiger partial charge < -0.3 is 4.74 Å². The first-order valence-electron chi connectivity index (χ1n) is 4.80. The van der Waals surface area contributed by atoms with Gasteiger partial charge in [-0.05, 0) is 19.1 Å². The van der Waals surface area contributed by atoms with Crippen LogP contribution in [0.5, 0.6) is 5.88 Å². The third-order valence-electron chi connectivity index (χ3n) is 1.84. The Morgan fingerprint density at radius 2 is 2.00 bits per heavy atom. The zero-order chi connectivity index (χ0) is 10.6. The number of hydrogen-bond donors (Lipinski definition) is 0. The molecule has 2 aromatic heterocycles. The van der Waals surface area contributed by atoms with Crippen molar-refractivity contribution in [3.63, 3.8) is 0 Å². The van der Waals surface area contributed by atoms with E-state index in [2.05, 4.69) is 4.98 Å². The summed E-state index contributed by atoms with van der Waals surface area (Å²) in [6.45, 7) is 5.94. The van der Waals surface area contributed by atoms with Crippen LogP contribution in [-0.4, -0.2) is 16.5 Å². The minimum absolute atomic E-state index is 0.811. The monoisotopic (exact) mass is 192 g/mol. The number of imidazole rings is 1. The summed E-state index contributed by atoms with van der Waals surface area (Å²) in [4.78, 5) is 4.32. The van der Waals surface area contributed by atoms with Crippen LogP contribution in [0.3, 0.4) is 0 Å². The smallest absolute Gasteiger partial charge is 0.221 e. The first-order valence-corrected chi connectivity index (χ1v) is 4.80. The van der Waals surface area contributed by atoms with Crippen molar-refractivity contribution in [2.45, 2.75) is 20.8 Å². The van der Waals surface area contributed by atoms with Crippen LogP contribution in [0.15, 0.2) is 24.4 Å². The number of aromatic nitrogens is 2. The number of ether oxygens (including phenoxy) is 1. The van der Waals surface area contributed by atoms with E-state index in [9.17, 15) is 0 Å². The topological polar surface area (TPSA) is 26.5 Å². The van der Waals surface area contributed by atoms with Gasteiger partial charge in [-0.25, -0.2) is 4.98 Å². The van der Waals surface area contributed by atoms with Gasteiger partial charge in [0.1, 0.15) is 11.3 Å². The summed E-state index contributed by atoms with van der Waals surface area (Å²) in [5.74, 6) is 0.811. The van der Waals surface area contributed by atoms with Crippen molar-refractivity contribution in [3.05, 3.63) is 30.1 Å². The van der Waals surface area contributed by atoms with Crippen molar-refractivity contribution in [2.24, 2.45) is 0 Å². The van der Waals surface area contributed by atoms with Crippen molar-refractivity contribution in [3.8, 4) is 5.88 Å². The molecule has 0 bridgehead atoms. The molecule has 0 aromatic carbocycles. The van der Waals surface area contributed by atoms with Crippen LogP contribution in [0.25, 0.3) is 5.65 Å². The second-order valence-electron chi connectivity index (χ2n) is 2.64. The molecule has 0 aliphatic heterocycles. The molecular weight excluding hydrogens is 176 g/mol. The molecule has 2 rings (SSSR count). The Balaban J connectivity index is 0.000000461. The summed E-state index contributed by atoms with van der Waals surface area (Å²) in [6.07, 6.45) is 1.94. The van der Waals surface area contributed by atoms with Gasteiger partial charge in [-0.3, -0.25) is 4.40 Å². The van der Waals surface area contributed by atoms with Crippen LogP contribution in [-0.2, 0) is 0 Å². The number of hydrogen-bond acceptors (Lipinski definition) is 2. The molecule has 0 aliphatic carbocycles. The highest BCUT2D eigenvalue weighted by Crippen LogP contribution is 2.18. The summed E-state index contributed by atoms with van der Waals surface area (Å²) in [5, 5.41) is 0. The Morgan fingerprint density at radius 1 is 1.29 bits per heavy atom. The molecule has 0 spiro atoms. The summed E-state index contributed by atoms with van der Waals surface area (Å²) in [7, 11) is 1.66. The predicted molar refractivity (Wildman–Crippen MR) is 57.8 cm³/mol. The maximum atomic E-state index is 5.20. The standard InChI is InChI=1S/C9H10N2O.C2H6/c1-7-9(12-2)11-6-4-3-5-8(11)10-7;1-2/h3-6H,1-2H3;1-2H3. The molecule has 0 fully saturated rings. The molecule has 0 saturated heterocycles. The maximum absolute atomic E-state index is 5.20. The summed E-state index contributed by atoms with van der Waals surface area (Å²) < 4.78 is 7.12. The average Bonchev–Trinajstić information content (AvgIpc) is 2.56. The number of methoxy groups -OCH3 is 1. The summed E-state index contributed by atoms with van der Waals surface area (Å²) >= 11 is 0. The maximum Gasteiger partial charge on any atom is 0.221 e. The lowest BCUT2D eigenvalue weighted by Crippen LogP contribution is -1.90. The van der Waals surface area contributed by atoms with E-state index in [0.29, 0.717) is 0 Å². The Kier molecular flexibility index (Phi) is 3.51. The molecule has 3 heteroatoms. The molecule has 0 aliphatic rings. The Bertz CT molecular complexity index is 407. The minimum atomic E-state index is 0.811. The highest BCUT2D eigenvalue weighted by Gasteiger charge is 2.06. The average molecular weight is 192 g/mol. The SMILES string of the molecule is CC.COc1c(C)nc2ccccn12. The lowest BCUT2D eigenvalue weighted by Gasteiger charge is -1.98. The molecule has 3 nitrogen and oxygen atoms in total. The third kappa shape index (κ3) is 1.71. The molecule has 2 heterocycles. The van der Waals surface area contributed by atoms with E-state index in [-0.39, 0.29) is 0 Å². The van der Waals surface area contributed by atoms with E-state index in [1.807, 2.05) is 49.6 Å². The fraction of sp³-hybridized carbons (Fsp3) is 0.364. The fourth-order valence-corrected chi connectivity index (χ4v) is 1.34. The van der Waals surface area contributed by atoms with Crippen molar-refractivity contribution in [1.29, 1.82) is 0 Å². The van der Waals surface area contributed by atoms with Crippen molar-refractivity contribution in [1.82, 2.24) is 9.38 Å². The number of fused-ring (bicyclic) bond motifs is 1. The highest BCUT2D eigenvalue weighted by molar-refractivity contribution is 5.45. The van der Waals surface area contributed by atoms with E-state index in [1.165, 1.54) is 0 Å². The Hall–Kier alpha value is -1.51. The fourth-order valence-electron chi connectivity index (χ4n) is 1.34. The highest BCUT2D eigenvalue weighted by atomic mass is 16.5. The molecule has 0 radical (unpaired) electrons. The summed E-state index contributed by atoms with van der Waals surface area (Å²) in [6, 6.07) is 5.87. The molecule has 0 saturated carbocycles. The largest absolute Gasteiger partial charge is 0.481 e. The van der Waals surface area contributed by atoms with Gasteiger partial charge in [0.2, 0.25) is 5.88 Å². The van der Waals surface area contributed by atoms with Gasteiger partial charge in [-0.2, -0.15) is 0 Å². The van der Waals surface area contributed by atoms with E-state index < -0.39 is 0 Å². The second-order valence-corrected chi connectivity index (χ2v) is 2.64. The normalized spacial score (nSPS) is 9.43. The quantitative estimate of drug-likeness (QED) is 0.694. The first-order chi connectivity index (χ1) is 6.83. The summed E-state index contributed by atoms with van der Waals surface area (Å²) in [5.41, 5.74) is 1.84. The van der Waals surface area contributed by atoms with Crippen molar-refractivity contribution >= 4 is 5.65 Å². The molecule has 14 heavy (non-hydrogen) atoms. The van der Waals surface area contributed by atoms with Crippen molar-refractivity contribution < 1.29 is 4.74 Å². The van der Waals surface area contributed by atoms with Crippen LogP contribution in [0.1, 0.15) is 19.5 Å². The Morgan fingerprint density at radius 3 is 2.64 bits per heavy atom. The van der Waals surface area contributed by atoms with E-state index in [0.717, 1.165) is 17.2 Å². The van der Waals surface area contributed by atoms with Gasteiger partial charge in [0.25, 0.3) is 0 Å². The van der Waals surface area contributed by atoms with Gasteiger partial charge in [-0.1, -0.05) is 19.9 Å². The molecule has 0 atom stereocenters. The number of aryl methyl sites for hydroxylation is 1. The van der Waals surface area contributed by atoms with Gasteiger partial charge in [-0.15, -0.1) is 0 Å². The van der Waals surface area contributed by atoms with Crippen molar-refractivity contribution in [2.75, 3.05) is 7.11 Å². The lowest BCUT2D eigenvalue weighted by atomic mass is 10.5. The molecule has 76 valence electrons. The van der Waals surface area contributed by atoms with Gasteiger partial charge in [0.05, 0.1) is 7.11 Å². The zero-order valence-electron chi connectivity index (χ0n) is 9.11. The number of pyridine rings is 1.